The fraction of sp³-hybridized carbons (Fsp3) is 0.333. The molecule has 0 unspecified atom stereocenters. The largest absolute Gasteiger partial charge is 0.481 e. The summed E-state index contributed by atoms with van der Waals surface area (Å²) in [7, 11) is 0. The number of ether oxygens (including phenoxy) is 1. The second kappa shape index (κ2) is 5.14. The number of aryl methyl sites for hydroxylation is 1. The average Bonchev–Trinajstić information content (AvgIpc) is 2.73. The van der Waals surface area contributed by atoms with E-state index >= 15 is 0 Å². The molecule has 0 bridgehead atoms. The van der Waals surface area contributed by atoms with Gasteiger partial charge in [0.1, 0.15) is 0 Å². The molecule has 0 fully saturated rings. The van der Waals surface area contributed by atoms with Gasteiger partial charge in [0.15, 0.2) is 24.0 Å². The maximum Gasteiger partial charge on any atom is 0.264 e. The summed E-state index contributed by atoms with van der Waals surface area (Å²) >= 11 is 0. The predicted molar refractivity (Wildman–Crippen MR) is 60.4 cm³/mol. The van der Waals surface area contributed by atoms with Crippen molar-refractivity contribution in [3.05, 3.63) is 41.3 Å². The first kappa shape index (κ1) is 12.5. The topological polar surface area (TPSA) is 68.4 Å². The molecule has 96 valence electrons. The monoisotopic (exact) mass is 252 g/mol. The summed E-state index contributed by atoms with van der Waals surface area (Å²) in [5, 5.41) is 12.9. The van der Waals surface area contributed by atoms with Gasteiger partial charge in [0, 0.05) is 0 Å². The molecular weight excluding hydrogens is 239 g/mol. The molecule has 0 aliphatic heterocycles. The zero-order chi connectivity index (χ0) is 13.1. The fourth-order valence-corrected chi connectivity index (χ4v) is 1.43. The van der Waals surface area contributed by atoms with E-state index in [2.05, 4.69) is 10.1 Å². The molecule has 0 aliphatic rings. The lowest BCUT2D eigenvalue weighted by Gasteiger charge is -2.08. The van der Waals surface area contributed by atoms with Crippen LogP contribution in [-0.4, -0.2) is 15.2 Å². The molecule has 0 aliphatic carbocycles. The average molecular weight is 252 g/mol. The molecule has 1 atom stereocenters. The standard InChI is InChI=1S/C12H13FN2O3/c1-7(16)9-3-4-11(10(13)5-9)17-6-12-14-8(2)15-18-12/h3-5,7,16H,6H2,1-2H3/t7-/m1/s1. The molecule has 1 heterocycles. The van der Waals surface area contributed by atoms with E-state index in [0.717, 1.165) is 0 Å². The van der Waals surface area contributed by atoms with Crippen LogP contribution in [0.1, 0.15) is 30.3 Å². The molecule has 5 nitrogen and oxygen atoms in total. The van der Waals surface area contributed by atoms with Crippen molar-refractivity contribution >= 4 is 0 Å². The molecule has 6 heteroatoms. The third-order valence-corrected chi connectivity index (χ3v) is 2.36. The van der Waals surface area contributed by atoms with Crippen molar-refractivity contribution in [1.82, 2.24) is 10.1 Å². The molecule has 0 spiro atoms. The van der Waals surface area contributed by atoms with Crippen LogP contribution in [0.2, 0.25) is 0 Å². The van der Waals surface area contributed by atoms with Crippen molar-refractivity contribution in [2.45, 2.75) is 26.6 Å². The number of aromatic nitrogens is 2. The van der Waals surface area contributed by atoms with Gasteiger partial charge in [-0.05, 0) is 31.5 Å². The van der Waals surface area contributed by atoms with E-state index < -0.39 is 11.9 Å². The molecule has 1 N–H and O–H groups in total. The van der Waals surface area contributed by atoms with Crippen molar-refractivity contribution in [3.63, 3.8) is 0 Å². The number of hydrogen-bond donors (Lipinski definition) is 1. The smallest absolute Gasteiger partial charge is 0.264 e. The Balaban J connectivity index is 2.05. The minimum atomic E-state index is -0.716. The van der Waals surface area contributed by atoms with Gasteiger partial charge < -0.3 is 14.4 Å². The molecule has 0 radical (unpaired) electrons. The molecule has 1 aromatic carbocycles. The number of hydrogen-bond acceptors (Lipinski definition) is 5. The van der Waals surface area contributed by atoms with Crippen LogP contribution < -0.4 is 4.74 Å². The Kier molecular flexibility index (Phi) is 3.57. The number of halogens is 1. The first-order valence-corrected chi connectivity index (χ1v) is 5.46. The summed E-state index contributed by atoms with van der Waals surface area (Å²) in [6.07, 6.45) is -0.716. The molecule has 1 aromatic heterocycles. The number of rotatable bonds is 4. The summed E-state index contributed by atoms with van der Waals surface area (Å²) < 4.78 is 23.7. The molecule has 18 heavy (non-hydrogen) atoms. The maximum atomic E-state index is 13.6. The maximum absolute atomic E-state index is 13.6. The third-order valence-electron chi connectivity index (χ3n) is 2.36. The number of aliphatic hydroxyl groups excluding tert-OH is 1. The SMILES string of the molecule is Cc1noc(COc2ccc([C@@H](C)O)cc2F)n1. The third kappa shape index (κ3) is 2.84. The van der Waals surface area contributed by atoms with Gasteiger partial charge >= 0.3 is 0 Å². The first-order valence-electron chi connectivity index (χ1n) is 5.46. The van der Waals surface area contributed by atoms with Crippen LogP contribution in [0.4, 0.5) is 4.39 Å². The van der Waals surface area contributed by atoms with Gasteiger partial charge in [-0.15, -0.1) is 0 Å². The van der Waals surface area contributed by atoms with E-state index in [9.17, 15) is 9.50 Å². The van der Waals surface area contributed by atoms with Crippen LogP contribution in [0.5, 0.6) is 5.75 Å². The minimum Gasteiger partial charge on any atom is -0.481 e. The van der Waals surface area contributed by atoms with Gasteiger partial charge in [-0.25, -0.2) is 4.39 Å². The van der Waals surface area contributed by atoms with Crippen LogP contribution in [-0.2, 0) is 6.61 Å². The van der Waals surface area contributed by atoms with Crippen molar-refractivity contribution in [1.29, 1.82) is 0 Å². The molecule has 2 aromatic rings. The van der Waals surface area contributed by atoms with E-state index in [1.54, 1.807) is 19.9 Å². The fourth-order valence-electron chi connectivity index (χ4n) is 1.43. The van der Waals surface area contributed by atoms with Crippen LogP contribution in [0.25, 0.3) is 0 Å². The normalized spacial score (nSPS) is 12.4. The lowest BCUT2D eigenvalue weighted by molar-refractivity contribution is 0.198. The van der Waals surface area contributed by atoms with Gasteiger partial charge in [0.25, 0.3) is 5.89 Å². The van der Waals surface area contributed by atoms with E-state index in [-0.39, 0.29) is 18.2 Å². The summed E-state index contributed by atoms with van der Waals surface area (Å²) in [5.41, 5.74) is 0.494. The summed E-state index contributed by atoms with van der Waals surface area (Å²) in [4.78, 5) is 3.94. The Bertz CT molecular complexity index is 540. The molecular formula is C12H13FN2O3. The molecule has 0 saturated heterocycles. The number of nitrogens with zero attached hydrogens (tertiary/aromatic N) is 2. The quantitative estimate of drug-likeness (QED) is 0.902. The summed E-state index contributed by atoms with van der Waals surface area (Å²) in [5.74, 6) is 0.324. The Morgan fingerprint density at radius 1 is 1.50 bits per heavy atom. The Hall–Kier alpha value is -1.95. The van der Waals surface area contributed by atoms with Gasteiger partial charge in [-0.2, -0.15) is 4.98 Å². The van der Waals surface area contributed by atoms with E-state index in [1.165, 1.54) is 12.1 Å². The van der Waals surface area contributed by atoms with Crippen molar-refractivity contribution in [2.75, 3.05) is 0 Å². The Morgan fingerprint density at radius 3 is 2.83 bits per heavy atom. The lowest BCUT2D eigenvalue weighted by Crippen LogP contribution is -1.99. The van der Waals surface area contributed by atoms with Crippen LogP contribution in [0.3, 0.4) is 0 Å². The Labute approximate surface area is 103 Å². The van der Waals surface area contributed by atoms with E-state index in [1.807, 2.05) is 0 Å². The van der Waals surface area contributed by atoms with Crippen LogP contribution >= 0.6 is 0 Å². The summed E-state index contributed by atoms with van der Waals surface area (Å²) in [6, 6.07) is 4.29. The van der Waals surface area contributed by atoms with Gasteiger partial charge in [0.05, 0.1) is 6.10 Å². The highest BCUT2D eigenvalue weighted by atomic mass is 19.1. The highest BCUT2D eigenvalue weighted by molar-refractivity contribution is 5.30. The van der Waals surface area contributed by atoms with E-state index in [0.29, 0.717) is 11.4 Å². The number of benzene rings is 1. The zero-order valence-corrected chi connectivity index (χ0v) is 10.1. The minimum absolute atomic E-state index is 0.00574. The Morgan fingerprint density at radius 2 is 2.28 bits per heavy atom. The molecule has 0 amide bonds. The predicted octanol–water partition coefficient (Wildman–Crippen LogP) is 2.15. The lowest BCUT2D eigenvalue weighted by atomic mass is 10.1. The highest BCUT2D eigenvalue weighted by Crippen LogP contribution is 2.22. The molecule has 2 rings (SSSR count). The van der Waals surface area contributed by atoms with Gasteiger partial charge in [-0.1, -0.05) is 11.2 Å². The first-order chi connectivity index (χ1) is 8.56. The second-order valence-corrected chi connectivity index (χ2v) is 3.89. The van der Waals surface area contributed by atoms with E-state index in [4.69, 9.17) is 9.26 Å². The number of aliphatic hydroxyl groups is 1. The molecule has 0 saturated carbocycles. The second-order valence-electron chi connectivity index (χ2n) is 3.89. The highest BCUT2D eigenvalue weighted by Gasteiger charge is 2.10. The van der Waals surface area contributed by atoms with Crippen LogP contribution in [0.15, 0.2) is 22.7 Å². The van der Waals surface area contributed by atoms with Crippen molar-refractivity contribution in [2.24, 2.45) is 0 Å². The zero-order valence-electron chi connectivity index (χ0n) is 10.1. The van der Waals surface area contributed by atoms with Gasteiger partial charge in [0.2, 0.25) is 0 Å². The summed E-state index contributed by atoms with van der Waals surface area (Å²) in [6.45, 7) is 3.26. The van der Waals surface area contributed by atoms with Gasteiger partial charge in [-0.3, -0.25) is 0 Å². The van der Waals surface area contributed by atoms with Crippen molar-refractivity contribution in [3.8, 4) is 5.75 Å². The van der Waals surface area contributed by atoms with Crippen molar-refractivity contribution < 1.29 is 18.8 Å². The van der Waals surface area contributed by atoms with Crippen LogP contribution in [0, 0.1) is 12.7 Å².